The summed E-state index contributed by atoms with van der Waals surface area (Å²) in [5.74, 6) is -0.0682. The Labute approximate surface area is 167 Å². The number of nitrogens with one attached hydrogen (secondary N) is 2. The molecule has 146 valence electrons. The molecule has 1 heterocycles. The van der Waals surface area contributed by atoms with Crippen molar-refractivity contribution in [3.8, 4) is 5.75 Å². The Kier molecular flexibility index (Phi) is 6.26. The van der Waals surface area contributed by atoms with Gasteiger partial charge in [-0.1, -0.05) is 32.0 Å². The van der Waals surface area contributed by atoms with E-state index in [1.165, 1.54) is 0 Å². The van der Waals surface area contributed by atoms with E-state index in [4.69, 9.17) is 4.74 Å². The van der Waals surface area contributed by atoms with E-state index in [1.54, 1.807) is 23.5 Å². The fourth-order valence-corrected chi connectivity index (χ4v) is 3.62. The highest BCUT2D eigenvalue weighted by molar-refractivity contribution is 7.18. The van der Waals surface area contributed by atoms with Gasteiger partial charge >= 0.3 is 0 Å². The molecule has 0 bridgehead atoms. The molecule has 1 aromatic heterocycles. The summed E-state index contributed by atoms with van der Waals surface area (Å²) in [4.78, 5) is 29.4. The van der Waals surface area contributed by atoms with Crippen LogP contribution in [0, 0.1) is 12.8 Å². The predicted octanol–water partition coefficient (Wildman–Crippen LogP) is 3.76. The smallest absolute Gasteiger partial charge is 0.258 e. The van der Waals surface area contributed by atoms with Gasteiger partial charge in [-0.3, -0.25) is 9.59 Å². The van der Waals surface area contributed by atoms with Crippen molar-refractivity contribution in [2.75, 3.05) is 11.9 Å². The highest BCUT2D eigenvalue weighted by Crippen LogP contribution is 2.25. The van der Waals surface area contributed by atoms with Gasteiger partial charge in [-0.2, -0.15) is 0 Å². The number of rotatable bonds is 7. The number of hydrogen-bond donors (Lipinski definition) is 2. The third-order valence-electron chi connectivity index (χ3n) is 4.14. The number of carbonyl (C=O) groups is 2. The lowest BCUT2D eigenvalue weighted by Crippen LogP contribution is -2.48. The predicted molar refractivity (Wildman–Crippen MR) is 112 cm³/mol. The quantitative estimate of drug-likeness (QED) is 0.636. The zero-order valence-electron chi connectivity index (χ0n) is 16.1. The van der Waals surface area contributed by atoms with Gasteiger partial charge < -0.3 is 15.4 Å². The molecule has 0 saturated heterocycles. The molecule has 0 aliphatic heterocycles. The number of benzene rings is 2. The average molecular weight is 398 g/mol. The van der Waals surface area contributed by atoms with E-state index in [9.17, 15) is 9.59 Å². The SMILES string of the molecule is Cc1nc2ccc(NC(=O)[C@@H](NC(=O)COc3ccccc3)C(C)C)cc2s1. The van der Waals surface area contributed by atoms with Crippen molar-refractivity contribution >= 4 is 39.1 Å². The summed E-state index contributed by atoms with van der Waals surface area (Å²) in [6.45, 7) is 5.58. The fraction of sp³-hybridized carbons (Fsp3) is 0.286. The van der Waals surface area contributed by atoms with Crippen molar-refractivity contribution in [2.45, 2.75) is 26.8 Å². The molecule has 0 unspecified atom stereocenters. The third-order valence-corrected chi connectivity index (χ3v) is 5.08. The summed E-state index contributed by atoms with van der Waals surface area (Å²) in [6.07, 6.45) is 0. The zero-order chi connectivity index (χ0) is 20.1. The number of aryl methyl sites for hydroxylation is 1. The number of hydrogen-bond acceptors (Lipinski definition) is 5. The van der Waals surface area contributed by atoms with Gasteiger partial charge in [-0.15, -0.1) is 11.3 Å². The second-order valence-corrected chi connectivity index (χ2v) is 8.03. The lowest BCUT2D eigenvalue weighted by Gasteiger charge is -2.21. The number of fused-ring (bicyclic) bond motifs is 1. The second-order valence-electron chi connectivity index (χ2n) is 6.80. The van der Waals surface area contributed by atoms with Crippen molar-refractivity contribution in [3.05, 3.63) is 53.5 Å². The Morgan fingerprint density at radius 3 is 2.61 bits per heavy atom. The van der Waals surface area contributed by atoms with E-state index in [0.29, 0.717) is 11.4 Å². The lowest BCUT2D eigenvalue weighted by molar-refractivity contribution is -0.128. The third kappa shape index (κ3) is 5.07. The van der Waals surface area contributed by atoms with Crippen LogP contribution < -0.4 is 15.4 Å². The largest absolute Gasteiger partial charge is 0.484 e. The van der Waals surface area contributed by atoms with Crippen LogP contribution in [0.15, 0.2) is 48.5 Å². The fourth-order valence-electron chi connectivity index (χ4n) is 2.75. The molecule has 3 aromatic rings. The van der Waals surface area contributed by atoms with Gasteiger partial charge in [0.2, 0.25) is 5.91 Å². The molecule has 2 amide bonds. The van der Waals surface area contributed by atoms with Gasteiger partial charge in [-0.25, -0.2) is 4.98 Å². The van der Waals surface area contributed by atoms with E-state index in [1.807, 2.05) is 57.2 Å². The van der Waals surface area contributed by atoms with Gasteiger partial charge in [0.15, 0.2) is 6.61 Å². The summed E-state index contributed by atoms with van der Waals surface area (Å²) < 4.78 is 6.46. The van der Waals surface area contributed by atoms with Crippen LogP contribution in [0.25, 0.3) is 10.2 Å². The molecule has 0 aliphatic carbocycles. The van der Waals surface area contributed by atoms with E-state index < -0.39 is 6.04 Å². The van der Waals surface area contributed by atoms with E-state index >= 15 is 0 Å². The molecular formula is C21H23N3O3S. The Bertz CT molecular complexity index is 969. The number of thiazole rings is 1. The monoisotopic (exact) mass is 397 g/mol. The minimum absolute atomic E-state index is 0.0740. The first-order valence-electron chi connectivity index (χ1n) is 9.07. The molecule has 0 aliphatic rings. The lowest BCUT2D eigenvalue weighted by atomic mass is 10.0. The molecule has 7 heteroatoms. The van der Waals surface area contributed by atoms with Crippen LogP contribution >= 0.6 is 11.3 Å². The summed E-state index contributed by atoms with van der Waals surface area (Å²) in [7, 11) is 0. The molecule has 2 N–H and O–H groups in total. The molecule has 3 rings (SSSR count). The highest BCUT2D eigenvalue weighted by atomic mass is 32.1. The van der Waals surface area contributed by atoms with Gasteiger partial charge in [-0.05, 0) is 43.2 Å². The summed E-state index contributed by atoms with van der Waals surface area (Å²) >= 11 is 1.57. The van der Waals surface area contributed by atoms with Crippen LogP contribution in [-0.4, -0.2) is 29.4 Å². The van der Waals surface area contributed by atoms with Crippen LogP contribution in [0.4, 0.5) is 5.69 Å². The number of nitrogens with zero attached hydrogens (tertiary/aromatic N) is 1. The van der Waals surface area contributed by atoms with E-state index in [-0.39, 0.29) is 24.3 Å². The van der Waals surface area contributed by atoms with Crippen LogP contribution in [0.1, 0.15) is 18.9 Å². The van der Waals surface area contributed by atoms with Crippen LogP contribution in [-0.2, 0) is 9.59 Å². The standard InChI is InChI=1S/C21H23N3O3S/c1-13(2)20(24-19(25)12-27-16-7-5-4-6-8-16)21(26)23-15-9-10-17-18(11-15)28-14(3)22-17/h4-11,13,20H,12H2,1-3H3,(H,23,26)(H,24,25)/t20-/m0/s1. The molecule has 0 fully saturated rings. The van der Waals surface area contributed by atoms with Gasteiger partial charge in [0.05, 0.1) is 15.2 Å². The van der Waals surface area contributed by atoms with Crippen molar-refractivity contribution < 1.29 is 14.3 Å². The number of carbonyl (C=O) groups excluding carboxylic acids is 2. The minimum Gasteiger partial charge on any atom is -0.484 e. The molecule has 0 saturated carbocycles. The number of ether oxygens (including phenoxy) is 1. The Morgan fingerprint density at radius 2 is 1.89 bits per heavy atom. The summed E-state index contributed by atoms with van der Waals surface area (Å²) in [6, 6.07) is 14.0. The summed E-state index contributed by atoms with van der Waals surface area (Å²) in [5, 5.41) is 6.63. The maximum absolute atomic E-state index is 12.7. The highest BCUT2D eigenvalue weighted by Gasteiger charge is 2.24. The minimum atomic E-state index is -0.661. The molecule has 28 heavy (non-hydrogen) atoms. The number of aromatic nitrogens is 1. The molecule has 6 nitrogen and oxygen atoms in total. The first-order valence-corrected chi connectivity index (χ1v) is 9.89. The van der Waals surface area contributed by atoms with E-state index in [2.05, 4.69) is 15.6 Å². The average Bonchev–Trinajstić information content (AvgIpc) is 3.04. The van der Waals surface area contributed by atoms with Gasteiger partial charge in [0, 0.05) is 5.69 Å². The molecular weight excluding hydrogens is 374 g/mol. The van der Waals surface area contributed by atoms with Crippen molar-refractivity contribution in [3.63, 3.8) is 0 Å². The first-order chi connectivity index (χ1) is 13.4. The maximum Gasteiger partial charge on any atom is 0.258 e. The van der Waals surface area contributed by atoms with E-state index in [0.717, 1.165) is 15.2 Å². The molecule has 2 aromatic carbocycles. The van der Waals surface area contributed by atoms with Gasteiger partial charge in [0.25, 0.3) is 5.91 Å². The van der Waals surface area contributed by atoms with Crippen molar-refractivity contribution in [2.24, 2.45) is 5.92 Å². The van der Waals surface area contributed by atoms with Crippen molar-refractivity contribution in [1.82, 2.24) is 10.3 Å². The Hall–Kier alpha value is -2.93. The van der Waals surface area contributed by atoms with Crippen molar-refractivity contribution in [1.29, 1.82) is 0 Å². The number of amides is 2. The van der Waals surface area contributed by atoms with Gasteiger partial charge in [0.1, 0.15) is 11.8 Å². The first kappa shape index (κ1) is 19.8. The maximum atomic E-state index is 12.7. The van der Waals surface area contributed by atoms with Crippen LogP contribution in [0.5, 0.6) is 5.75 Å². The topological polar surface area (TPSA) is 80.3 Å². The summed E-state index contributed by atoms with van der Waals surface area (Å²) in [5.41, 5.74) is 1.59. The molecule has 0 spiro atoms. The number of anilines is 1. The molecule has 0 radical (unpaired) electrons. The molecule has 1 atom stereocenters. The number of para-hydroxylation sites is 1. The second kappa shape index (κ2) is 8.84. The Morgan fingerprint density at radius 1 is 1.14 bits per heavy atom. The van der Waals surface area contributed by atoms with Crippen LogP contribution in [0.3, 0.4) is 0 Å². The van der Waals surface area contributed by atoms with Crippen LogP contribution in [0.2, 0.25) is 0 Å². The Balaban J connectivity index is 1.61. The normalized spacial score (nSPS) is 12.0. The zero-order valence-corrected chi connectivity index (χ0v) is 16.9.